The Morgan fingerprint density at radius 1 is 1.40 bits per heavy atom. The van der Waals surface area contributed by atoms with Crippen molar-refractivity contribution in [2.75, 3.05) is 6.61 Å². The van der Waals surface area contributed by atoms with Gasteiger partial charge in [0.2, 0.25) is 0 Å². The third kappa shape index (κ3) is 2.24. The first-order chi connectivity index (χ1) is 9.29. The van der Waals surface area contributed by atoms with Crippen molar-refractivity contribution >= 4 is 12.0 Å². The van der Waals surface area contributed by atoms with E-state index < -0.39 is 23.5 Å². The first kappa shape index (κ1) is 14.4. The van der Waals surface area contributed by atoms with Gasteiger partial charge in [-0.25, -0.2) is 4.79 Å². The van der Waals surface area contributed by atoms with E-state index in [0.717, 1.165) is 6.08 Å². The van der Waals surface area contributed by atoms with Crippen LogP contribution in [0.5, 0.6) is 5.75 Å². The lowest BCUT2D eigenvalue weighted by Gasteiger charge is -2.34. The zero-order valence-electron chi connectivity index (χ0n) is 10.4. The van der Waals surface area contributed by atoms with E-state index in [2.05, 4.69) is 9.47 Å². The fourth-order valence-corrected chi connectivity index (χ4v) is 1.78. The van der Waals surface area contributed by atoms with Gasteiger partial charge < -0.3 is 14.6 Å². The minimum Gasteiger partial charge on any atom is -0.462 e. The molecule has 0 amide bonds. The number of halogens is 3. The lowest BCUT2D eigenvalue weighted by molar-refractivity contribution is -0.316. The van der Waals surface area contributed by atoms with Gasteiger partial charge in [0, 0.05) is 5.56 Å². The van der Waals surface area contributed by atoms with Gasteiger partial charge in [0.25, 0.3) is 0 Å². The number of carbonyl (C=O) groups excluding carboxylic acids is 1. The van der Waals surface area contributed by atoms with Crippen LogP contribution in [0.25, 0.3) is 6.08 Å². The molecule has 1 aliphatic rings. The Labute approximate surface area is 112 Å². The van der Waals surface area contributed by atoms with Crippen LogP contribution in [0.3, 0.4) is 0 Å². The zero-order valence-corrected chi connectivity index (χ0v) is 10.4. The van der Waals surface area contributed by atoms with Gasteiger partial charge in [0.05, 0.1) is 6.61 Å². The summed E-state index contributed by atoms with van der Waals surface area (Å²) in [5.41, 5.74) is -0.741. The van der Waals surface area contributed by atoms with Crippen LogP contribution >= 0.6 is 0 Å². The normalized spacial score (nSPS) is 21.6. The van der Waals surface area contributed by atoms with Crippen LogP contribution in [0.4, 0.5) is 13.2 Å². The van der Waals surface area contributed by atoms with E-state index in [-0.39, 0.29) is 17.9 Å². The molecule has 0 saturated heterocycles. The highest BCUT2D eigenvalue weighted by Gasteiger charge is 2.63. The van der Waals surface area contributed by atoms with E-state index in [4.69, 9.17) is 0 Å². The van der Waals surface area contributed by atoms with E-state index in [9.17, 15) is 23.1 Å². The van der Waals surface area contributed by atoms with Crippen molar-refractivity contribution < 1.29 is 32.5 Å². The number of para-hydroxylation sites is 1. The molecule has 0 saturated carbocycles. The van der Waals surface area contributed by atoms with Gasteiger partial charge in [-0.2, -0.15) is 13.2 Å². The number of carbonyl (C=O) groups is 1. The second kappa shape index (κ2) is 4.82. The SMILES string of the molecule is CCOC(=O)C1=Cc2ccccc2OC1(O)C(F)(F)F. The Balaban J connectivity index is 2.56. The summed E-state index contributed by atoms with van der Waals surface area (Å²) in [6.45, 7) is 1.33. The maximum absolute atomic E-state index is 13.0. The van der Waals surface area contributed by atoms with Crippen LogP contribution in [0.1, 0.15) is 12.5 Å². The summed E-state index contributed by atoms with van der Waals surface area (Å²) in [5, 5.41) is 9.80. The largest absolute Gasteiger partial charge is 0.462 e. The van der Waals surface area contributed by atoms with Crippen molar-refractivity contribution in [3.05, 3.63) is 35.4 Å². The molecule has 1 aliphatic heterocycles. The fourth-order valence-electron chi connectivity index (χ4n) is 1.78. The van der Waals surface area contributed by atoms with Crippen LogP contribution in [0.15, 0.2) is 29.8 Å². The van der Waals surface area contributed by atoms with Gasteiger partial charge in [-0.3, -0.25) is 0 Å². The van der Waals surface area contributed by atoms with Gasteiger partial charge in [-0.05, 0) is 19.1 Å². The summed E-state index contributed by atoms with van der Waals surface area (Å²) < 4.78 is 48.3. The quantitative estimate of drug-likeness (QED) is 0.848. The molecule has 0 aromatic heterocycles. The van der Waals surface area contributed by atoms with Gasteiger partial charge in [-0.15, -0.1) is 0 Å². The lowest BCUT2D eigenvalue weighted by Crippen LogP contribution is -2.55. The van der Waals surface area contributed by atoms with Gasteiger partial charge in [-0.1, -0.05) is 18.2 Å². The number of fused-ring (bicyclic) bond motifs is 1. The third-order valence-electron chi connectivity index (χ3n) is 2.72. The van der Waals surface area contributed by atoms with Crippen molar-refractivity contribution in [1.82, 2.24) is 0 Å². The smallest absolute Gasteiger partial charge is 0.460 e. The monoisotopic (exact) mass is 288 g/mol. The highest BCUT2D eigenvalue weighted by molar-refractivity contribution is 5.97. The number of esters is 1. The molecular formula is C13H11F3O4. The van der Waals surface area contributed by atoms with Crippen molar-refractivity contribution in [3.63, 3.8) is 0 Å². The molecule has 0 aliphatic carbocycles. The number of hydrogen-bond acceptors (Lipinski definition) is 4. The summed E-state index contributed by atoms with van der Waals surface area (Å²) in [6.07, 6.45) is -4.26. The second-order valence-corrected chi connectivity index (χ2v) is 4.06. The van der Waals surface area contributed by atoms with Gasteiger partial charge in [0.1, 0.15) is 11.3 Å². The fraction of sp³-hybridized carbons (Fsp3) is 0.308. The predicted molar refractivity (Wildman–Crippen MR) is 62.7 cm³/mol. The van der Waals surface area contributed by atoms with Crippen LogP contribution in [-0.4, -0.2) is 29.6 Å². The molecule has 0 fully saturated rings. The highest BCUT2D eigenvalue weighted by atomic mass is 19.4. The number of rotatable bonds is 2. The summed E-state index contributed by atoms with van der Waals surface area (Å²) in [5.74, 6) is -5.16. The summed E-state index contributed by atoms with van der Waals surface area (Å²) >= 11 is 0. The molecule has 1 aromatic rings. The molecule has 20 heavy (non-hydrogen) atoms. The Hall–Kier alpha value is -2.02. The van der Waals surface area contributed by atoms with Crippen LogP contribution in [0, 0.1) is 0 Å². The number of ether oxygens (including phenoxy) is 2. The Bertz CT molecular complexity index is 565. The molecule has 1 aromatic carbocycles. The van der Waals surface area contributed by atoms with Crippen molar-refractivity contribution in [1.29, 1.82) is 0 Å². The Morgan fingerprint density at radius 3 is 2.65 bits per heavy atom. The first-order valence-electron chi connectivity index (χ1n) is 5.76. The topological polar surface area (TPSA) is 55.8 Å². The average Bonchev–Trinajstić information content (AvgIpc) is 2.36. The third-order valence-corrected chi connectivity index (χ3v) is 2.72. The van der Waals surface area contributed by atoms with E-state index >= 15 is 0 Å². The maximum Gasteiger partial charge on any atom is 0.460 e. The number of benzene rings is 1. The van der Waals surface area contributed by atoms with E-state index in [1.54, 1.807) is 6.07 Å². The van der Waals surface area contributed by atoms with E-state index in [1.165, 1.54) is 25.1 Å². The molecule has 7 heteroatoms. The van der Waals surface area contributed by atoms with Gasteiger partial charge >= 0.3 is 17.9 Å². The highest BCUT2D eigenvalue weighted by Crippen LogP contribution is 2.43. The standard InChI is InChI=1S/C13H11F3O4/c1-2-19-11(17)9-7-8-5-3-4-6-10(8)20-12(9,18)13(14,15)16/h3-7,18H,2H2,1H3. The maximum atomic E-state index is 13.0. The summed E-state index contributed by atoms with van der Waals surface area (Å²) in [4.78, 5) is 11.6. The van der Waals surface area contributed by atoms with Crippen molar-refractivity contribution in [3.8, 4) is 5.75 Å². The van der Waals surface area contributed by atoms with Crippen LogP contribution in [-0.2, 0) is 9.53 Å². The molecular weight excluding hydrogens is 277 g/mol. The molecule has 1 heterocycles. The molecule has 4 nitrogen and oxygen atoms in total. The number of hydrogen-bond donors (Lipinski definition) is 1. The lowest BCUT2D eigenvalue weighted by atomic mass is 9.98. The van der Waals surface area contributed by atoms with Crippen LogP contribution in [0.2, 0.25) is 0 Å². The molecule has 0 spiro atoms. The molecule has 0 bridgehead atoms. The zero-order chi connectivity index (χ0) is 15.0. The number of alkyl halides is 3. The van der Waals surface area contributed by atoms with Crippen molar-refractivity contribution in [2.24, 2.45) is 0 Å². The Morgan fingerprint density at radius 2 is 2.05 bits per heavy atom. The minimum atomic E-state index is -5.18. The molecule has 108 valence electrons. The molecule has 1 N–H and O–H groups in total. The van der Waals surface area contributed by atoms with E-state index in [0.29, 0.717) is 0 Å². The molecule has 1 atom stereocenters. The average molecular weight is 288 g/mol. The number of aliphatic hydroxyl groups is 1. The first-order valence-corrected chi connectivity index (χ1v) is 5.76. The Kier molecular flexibility index (Phi) is 3.47. The van der Waals surface area contributed by atoms with Gasteiger partial charge in [0.15, 0.2) is 0 Å². The second-order valence-electron chi connectivity index (χ2n) is 4.06. The van der Waals surface area contributed by atoms with Crippen molar-refractivity contribution in [2.45, 2.75) is 18.9 Å². The predicted octanol–water partition coefficient (Wildman–Crippen LogP) is 2.28. The molecule has 2 rings (SSSR count). The van der Waals surface area contributed by atoms with E-state index in [1.807, 2.05) is 0 Å². The van der Waals surface area contributed by atoms with Crippen LogP contribution < -0.4 is 4.74 Å². The summed E-state index contributed by atoms with van der Waals surface area (Å²) in [6, 6.07) is 5.76. The molecule has 1 unspecified atom stereocenters. The molecule has 0 radical (unpaired) electrons. The minimum absolute atomic E-state index is 0.119. The summed E-state index contributed by atoms with van der Waals surface area (Å²) in [7, 11) is 0.